The maximum absolute atomic E-state index is 12.2. The first-order chi connectivity index (χ1) is 30.1. The van der Waals surface area contributed by atoms with E-state index in [9.17, 15) is 4.79 Å². The number of carbonyl (C=O) groups is 1. The number of benzene rings is 4. The molecule has 1 unspecified atom stereocenters. The Morgan fingerprint density at radius 2 is 1.26 bits per heavy atom. The van der Waals surface area contributed by atoms with Gasteiger partial charge >= 0.3 is 5.97 Å². The third-order valence-electron chi connectivity index (χ3n) is 12.2. The van der Waals surface area contributed by atoms with Crippen molar-refractivity contribution in [2.24, 2.45) is 11.8 Å². The minimum absolute atomic E-state index is 0.274. The van der Waals surface area contributed by atoms with Gasteiger partial charge in [-0.1, -0.05) is 96.9 Å². The molecule has 2 aliphatic carbocycles. The molecule has 1 atom stereocenters. The molecule has 0 aliphatic heterocycles. The highest BCUT2D eigenvalue weighted by Crippen LogP contribution is 2.40. The summed E-state index contributed by atoms with van der Waals surface area (Å²) in [6, 6.07) is 25.5. The lowest BCUT2D eigenvalue weighted by Crippen LogP contribution is -2.11. The first-order valence-corrected chi connectivity index (χ1v) is 22.8. The van der Waals surface area contributed by atoms with Gasteiger partial charge in [-0.25, -0.2) is 14.8 Å². The molecule has 8 rings (SSSR count). The Morgan fingerprint density at radius 3 is 1.81 bits per heavy atom. The van der Waals surface area contributed by atoms with Gasteiger partial charge in [-0.15, -0.1) is 0 Å². The molecule has 4 aromatic carbocycles. The van der Waals surface area contributed by atoms with Gasteiger partial charge in [-0.05, 0) is 139 Å². The molecule has 8 heteroatoms. The number of nitrogens with zero attached hydrogens (tertiary/aromatic N) is 3. The average molecular weight is 832 g/mol. The topological polar surface area (TPSA) is 111 Å². The standard InChI is InChI=1S/C28H33NO3.C26H28N2O2/c1-4-19(2)18-31-28(30)23-13-10-21(11-14-23)12-15-27-29-25-17-24(20(3)16-26(25)32-27)22-8-6-5-7-9-22;1-18(2)17-29-24-15-25-23(14-22(24)21-6-4-3-5-7-21)28-26(30-25)13-12-19-8-10-20(16-27)11-9-19/h10-17,19,22H,4-9,18H2,1-3H3;8-15,18,21H,3-7,17H2,1-2H3/b15-12+;13-12+. The van der Waals surface area contributed by atoms with Crippen molar-refractivity contribution in [2.75, 3.05) is 13.2 Å². The van der Waals surface area contributed by atoms with Crippen molar-refractivity contribution in [3.05, 3.63) is 124 Å². The van der Waals surface area contributed by atoms with Crippen molar-refractivity contribution in [1.29, 1.82) is 5.26 Å². The zero-order valence-corrected chi connectivity index (χ0v) is 37.1. The Morgan fingerprint density at radius 1 is 0.726 bits per heavy atom. The van der Waals surface area contributed by atoms with Gasteiger partial charge in [-0.3, -0.25) is 0 Å². The van der Waals surface area contributed by atoms with Gasteiger partial charge < -0.3 is 18.3 Å². The van der Waals surface area contributed by atoms with Gasteiger partial charge in [0.05, 0.1) is 30.4 Å². The number of ether oxygens (including phenoxy) is 2. The van der Waals surface area contributed by atoms with E-state index >= 15 is 0 Å². The van der Waals surface area contributed by atoms with Gasteiger partial charge in [0.25, 0.3) is 0 Å². The maximum Gasteiger partial charge on any atom is 0.338 e. The molecule has 2 aromatic heterocycles. The van der Waals surface area contributed by atoms with Gasteiger partial charge in [0.15, 0.2) is 11.2 Å². The molecule has 0 saturated heterocycles. The normalized spacial score (nSPS) is 15.6. The van der Waals surface area contributed by atoms with E-state index in [4.69, 9.17) is 33.5 Å². The van der Waals surface area contributed by atoms with Crippen LogP contribution in [-0.4, -0.2) is 29.2 Å². The summed E-state index contributed by atoms with van der Waals surface area (Å²) in [5.41, 5.74) is 10.6. The lowest BCUT2D eigenvalue weighted by atomic mass is 9.82. The first kappa shape index (κ1) is 44.1. The van der Waals surface area contributed by atoms with Gasteiger partial charge in [0, 0.05) is 18.2 Å². The second-order valence-electron chi connectivity index (χ2n) is 17.6. The van der Waals surface area contributed by atoms with E-state index in [0.29, 0.717) is 59.8 Å². The number of aromatic nitrogens is 2. The Kier molecular flexibility index (Phi) is 15.1. The van der Waals surface area contributed by atoms with Crippen molar-refractivity contribution in [2.45, 2.75) is 117 Å². The summed E-state index contributed by atoms with van der Waals surface area (Å²) >= 11 is 0. The van der Waals surface area contributed by atoms with E-state index in [0.717, 1.165) is 45.5 Å². The summed E-state index contributed by atoms with van der Waals surface area (Å²) < 4.78 is 23.5. The Balaban J connectivity index is 0.000000187. The van der Waals surface area contributed by atoms with Crippen LogP contribution in [0.5, 0.6) is 5.75 Å². The van der Waals surface area contributed by atoms with Crippen LogP contribution < -0.4 is 4.74 Å². The molecule has 0 radical (unpaired) electrons. The number of hydrogen-bond donors (Lipinski definition) is 0. The number of rotatable bonds is 13. The molecule has 0 N–H and O–H groups in total. The summed E-state index contributed by atoms with van der Waals surface area (Å²) in [6.45, 7) is 11.8. The van der Waals surface area contributed by atoms with E-state index in [1.165, 1.54) is 80.9 Å². The molecule has 0 bridgehead atoms. The van der Waals surface area contributed by atoms with Crippen LogP contribution in [0.4, 0.5) is 0 Å². The highest BCUT2D eigenvalue weighted by molar-refractivity contribution is 5.90. The molecule has 62 heavy (non-hydrogen) atoms. The zero-order valence-electron chi connectivity index (χ0n) is 37.1. The van der Waals surface area contributed by atoms with Crippen LogP contribution in [0.15, 0.2) is 81.6 Å². The summed E-state index contributed by atoms with van der Waals surface area (Å²) in [6.07, 6.45) is 21.5. The van der Waals surface area contributed by atoms with Crippen LogP contribution in [0.1, 0.15) is 166 Å². The van der Waals surface area contributed by atoms with E-state index in [-0.39, 0.29) is 5.97 Å². The smallest absolute Gasteiger partial charge is 0.338 e. The summed E-state index contributed by atoms with van der Waals surface area (Å²) in [5, 5.41) is 8.92. The molecular weight excluding hydrogens is 771 g/mol. The second-order valence-corrected chi connectivity index (χ2v) is 17.6. The van der Waals surface area contributed by atoms with Crippen LogP contribution in [0.2, 0.25) is 0 Å². The molecular formula is C54H61N3O5. The molecule has 2 aliphatic rings. The number of oxazole rings is 2. The summed E-state index contributed by atoms with van der Waals surface area (Å²) in [5.74, 6) is 3.88. The van der Waals surface area contributed by atoms with Crippen molar-refractivity contribution in [3.8, 4) is 11.8 Å². The monoisotopic (exact) mass is 831 g/mol. The predicted molar refractivity (Wildman–Crippen MR) is 250 cm³/mol. The van der Waals surface area contributed by atoms with Crippen LogP contribution in [-0.2, 0) is 4.74 Å². The van der Waals surface area contributed by atoms with E-state index in [2.05, 4.69) is 58.9 Å². The van der Waals surface area contributed by atoms with Crippen molar-refractivity contribution in [1.82, 2.24) is 9.97 Å². The largest absolute Gasteiger partial charge is 0.493 e. The molecule has 2 heterocycles. The quantitative estimate of drug-likeness (QED) is 0.106. The predicted octanol–water partition coefficient (Wildman–Crippen LogP) is 14.5. The molecule has 2 saturated carbocycles. The fourth-order valence-electron chi connectivity index (χ4n) is 8.36. The maximum atomic E-state index is 12.2. The third kappa shape index (κ3) is 11.7. The fourth-order valence-corrected chi connectivity index (χ4v) is 8.36. The highest BCUT2D eigenvalue weighted by atomic mass is 16.5. The number of aryl methyl sites for hydroxylation is 1. The summed E-state index contributed by atoms with van der Waals surface area (Å²) in [4.78, 5) is 21.5. The van der Waals surface area contributed by atoms with Crippen LogP contribution >= 0.6 is 0 Å². The lowest BCUT2D eigenvalue weighted by Gasteiger charge is -2.24. The van der Waals surface area contributed by atoms with Crippen molar-refractivity contribution in [3.63, 3.8) is 0 Å². The van der Waals surface area contributed by atoms with Crippen LogP contribution in [0, 0.1) is 30.1 Å². The number of esters is 1. The fraction of sp³-hybridized carbons (Fsp3) is 0.407. The molecule has 0 spiro atoms. The molecule has 322 valence electrons. The number of fused-ring (bicyclic) bond motifs is 2. The number of nitriles is 1. The van der Waals surface area contributed by atoms with E-state index in [1.807, 2.05) is 54.6 Å². The van der Waals surface area contributed by atoms with Gasteiger partial charge in [0.2, 0.25) is 11.8 Å². The van der Waals surface area contributed by atoms with Crippen LogP contribution in [0.3, 0.4) is 0 Å². The average Bonchev–Trinajstić information content (AvgIpc) is 3.91. The lowest BCUT2D eigenvalue weighted by molar-refractivity contribution is 0.0447. The SMILES string of the molecule is CC(C)COc1cc2oc(/C=C/c3ccc(C#N)cc3)nc2cc1C1CCCCC1.CCC(C)COC(=O)c1ccc(/C=C/c2nc3cc(C4CCCCC4)c(C)cc3o2)cc1. The molecule has 0 amide bonds. The molecule has 8 nitrogen and oxygen atoms in total. The van der Waals surface area contributed by atoms with Crippen LogP contribution in [0.25, 0.3) is 46.5 Å². The molecule has 6 aromatic rings. The third-order valence-corrected chi connectivity index (χ3v) is 12.2. The Hall–Kier alpha value is -5.94. The number of hydrogen-bond acceptors (Lipinski definition) is 8. The molecule has 2 fully saturated rings. The second kappa shape index (κ2) is 21.2. The van der Waals surface area contributed by atoms with Crippen molar-refractivity contribution >= 4 is 52.5 Å². The highest BCUT2D eigenvalue weighted by Gasteiger charge is 2.22. The van der Waals surface area contributed by atoms with Gasteiger partial charge in [-0.2, -0.15) is 5.26 Å². The minimum Gasteiger partial charge on any atom is -0.493 e. The van der Waals surface area contributed by atoms with E-state index < -0.39 is 0 Å². The zero-order chi connectivity index (χ0) is 43.4. The van der Waals surface area contributed by atoms with Gasteiger partial charge in [0.1, 0.15) is 16.8 Å². The Labute approximate surface area is 367 Å². The Bertz CT molecular complexity index is 2510. The minimum atomic E-state index is -0.274. The number of carbonyl (C=O) groups excluding carboxylic acids is 1. The first-order valence-electron chi connectivity index (χ1n) is 22.8. The van der Waals surface area contributed by atoms with Crippen molar-refractivity contribution < 1.29 is 23.1 Å². The summed E-state index contributed by atoms with van der Waals surface area (Å²) in [7, 11) is 0. The van der Waals surface area contributed by atoms with E-state index in [1.54, 1.807) is 24.3 Å².